The number of amides is 8. The monoisotopic (exact) mass is 1030 g/mol. The minimum absolute atomic E-state index is 0.0322. The van der Waals surface area contributed by atoms with E-state index < -0.39 is 36.0 Å². The molecule has 6 aromatic rings. The molecule has 8 amide bonds. The third-order valence-corrected chi connectivity index (χ3v) is 12.2. The van der Waals surface area contributed by atoms with Gasteiger partial charge < -0.3 is 36.7 Å². The minimum atomic E-state index is -1.07. The molecule has 0 fully saturated rings. The predicted octanol–water partition coefficient (Wildman–Crippen LogP) is 5.98. The normalized spacial score (nSPS) is 13.0. The number of H-pyrrole nitrogens is 1. The molecule has 7 N–H and O–H groups in total. The molecule has 0 radical (unpaired) electrons. The summed E-state index contributed by atoms with van der Waals surface area (Å²) in [7, 11) is 0. The third kappa shape index (κ3) is 14.8. The minimum Gasteiger partial charge on any atom is -0.445 e. The van der Waals surface area contributed by atoms with Gasteiger partial charge >= 0.3 is 12.1 Å². The Morgan fingerprint density at radius 3 is 2.30 bits per heavy atom. The summed E-state index contributed by atoms with van der Waals surface area (Å²) in [5, 5.41) is 15.7. The van der Waals surface area contributed by atoms with Gasteiger partial charge in [-0.1, -0.05) is 62.2 Å². The van der Waals surface area contributed by atoms with Gasteiger partial charge in [0.05, 0.1) is 17.9 Å². The van der Waals surface area contributed by atoms with Crippen LogP contribution in [-0.4, -0.2) is 106 Å². The zero-order valence-electron chi connectivity index (χ0n) is 41.2. The van der Waals surface area contributed by atoms with Crippen LogP contribution in [0.2, 0.25) is 5.02 Å². The number of nitrogens with one attached hydrogen (secondary N) is 5. The number of aromatic amines is 1. The fourth-order valence-corrected chi connectivity index (χ4v) is 8.20. The zero-order valence-corrected chi connectivity index (χ0v) is 41.9. The quantitative estimate of drug-likeness (QED) is 0.0302. The lowest BCUT2D eigenvalue weighted by Crippen LogP contribution is -2.54. The van der Waals surface area contributed by atoms with E-state index in [1.807, 2.05) is 55.6 Å². The van der Waals surface area contributed by atoms with Gasteiger partial charge in [-0.2, -0.15) is 5.10 Å². The largest absolute Gasteiger partial charge is 0.445 e. The Morgan fingerprint density at radius 1 is 0.838 bits per heavy atom. The van der Waals surface area contributed by atoms with Crippen LogP contribution < -0.4 is 27.0 Å². The number of primary amides is 1. The van der Waals surface area contributed by atoms with Gasteiger partial charge in [-0.3, -0.25) is 38.8 Å². The van der Waals surface area contributed by atoms with Gasteiger partial charge in [-0.05, 0) is 98.2 Å². The molecule has 1 unspecified atom stereocenters. The number of hydrogen-bond acceptors (Lipinski definition) is 12. The number of rotatable bonds is 24. The molecule has 0 aliphatic carbocycles. The van der Waals surface area contributed by atoms with Crippen molar-refractivity contribution in [2.24, 2.45) is 11.7 Å². The highest BCUT2D eigenvalue weighted by Gasteiger charge is 2.29. The van der Waals surface area contributed by atoms with Gasteiger partial charge in [0.2, 0.25) is 17.7 Å². The predicted molar refractivity (Wildman–Crippen MR) is 274 cm³/mol. The maximum Gasteiger partial charge on any atom is 0.410 e. The molecule has 0 spiro atoms. The van der Waals surface area contributed by atoms with E-state index in [9.17, 15) is 33.6 Å². The topological polar surface area (TPSA) is 281 Å². The van der Waals surface area contributed by atoms with Crippen molar-refractivity contribution in [1.29, 1.82) is 0 Å². The Morgan fingerprint density at radius 2 is 1.58 bits per heavy atom. The average Bonchev–Trinajstić information content (AvgIpc) is 4.12. The van der Waals surface area contributed by atoms with E-state index in [4.69, 9.17) is 32.0 Å². The van der Waals surface area contributed by atoms with Gasteiger partial charge in [0.15, 0.2) is 5.65 Å². The number of imidazole rings is 1. The fraction of sp³-hybridized carbons (Fsp3) is 0.327. The Hall–Kier alpha value is -8.46. The lowest BCUT2D eigenvalue weighted by atomic mass is 10.0. The van der Waals surface area contributed by atoms with E-state index in [1.54, 1.807) is 54.8 Å². The van der Waals surface area contributed by atoms with E-state index in [0.717, 1.165) is 21.7 Å². The molecule has 2 atom stereocenters. The molecule has 4 aromatic heterocycles. The summed E-state index contributed by atoms with van der Waals surface area (Å²) in [6, 6.07) is 20.4. The number of hydrogen-bond donors (Lipinski definition) is 6. The van der Waals surface area contributed by atoms with Crippen LogP contribution in [0.25, 0.3) is 28.3 Å². The van der Waals surface area contributed by atoms with Crippen molar-refractivity contribution in [2.45, 2.75) is 91.1 Å². The number of aryl methyl sites for hydroxylation is 1. The lowest BCUT2D eigenvalue weighted by molar-refractivity contribution is -0.137. The Kier molecular flexibility index (Phi) is 18.2. The Labute approximate surface area is 431 Å². The van der Waals surface area contributed by atoms with Gasteiger partial charge in [-0.25, -0.2) is 24.1 Å². The number of unbranched alkanes of at least 4 members (excludes halogenated alkanes) is 2. The van der Waals surface area contributed by atoms with Gasteiger partial charge in [0.1, 0.15) is 36.5 Å². The molecule has 0 saturated carbocycles. The van der Waals surface area contributed by atoms with Crippen LogP contribution in [0.1, 0.15) is 75.0 Å². The summed E-state index contributed by atoms with van der Waals surface area (Å²) in [6.45, 7) is 5.91. The first-order chi connectivity index (χ1) is 35.6. The second-order valence-electron chi connectivity index (χ2n) is 18.0. The average molecular weight is 1030 g/mol. The molecule has 21 nitrogen and oxygen atoms in total. The Balaban J connectivity index is 0.984. The van der Waals surface area contributed by atoms with E-state index in [1.165, 1.54) is 23.4 Å². The number of imide groups is 1. The maximum atomic E-state index is 14.0. The number of nitrogens with zero attached hydrogens (tertiary/aromatic N) is 7. The van der Waals surface area contributed by atoms with Gasteiger partial charge in [0, 0.05) is 66.4 Å². The molecule has 1 aliphatic heterocycles. The summed E-state index contributed by atoms with van der Waals surface area (Å²) in [4.78, 5) is 109. The highest BCUT2D eigenvalue weighted by atomic mass is 35.5. The van der Waals surface area contributed by atoms with Crippen LogP contribution in [0.15, 0.2) is 104 Å². The smallest absolute Gasteiger partial charge is 0.410 e. The van der Waals surface area contributed by atoms with Crippen molar-refractivity contribution in [2.75, 3.05) is 18.4 Å². The van der Waals surface area contributed by atoms with Gasteiger partial charge in [0.25, 0.3) is 11.8 Å². The van der Waals surface area contributed by atoms with Crippen molar-refractivity contribution in [3.05, 3.63) is 131 Å². The number of halogens is 1. The number of nitrogens with two attached hydrogens (primary N) is 1. The number of pyridine rings is 2. The third-order valence-electron chi connectivity index (χ3n) is 12.0. The van der Waals surface area contributed by atoms with Crippen LogP contribution in [-0.2, 0) is 48.4 Å². The highest BCUT2D eigenvalue weighted by Crippen LogP contribution is 2.30. The Bertz CT molecular complexity index is 2990. The molecule has 74 heavy (non-hydrogen) atoms. The molecule has 1 aliphatic rings. The summed E-state index contributed by atoms with van der Waals surface area (Å²) < 4.78 is 7.54. The van der Waals surface area contributed by atoms with Crippen LogP contribution in [0, 0.1) is 12.8 Å². The number of carbonyl (C=O) groups is 7. The van der Waals surface area contributed by atoms with Crippen LogP contribution in [0.4, 0.5) is 15.3 Å². The van der Waals surface area contributed by atoms with Crippen LogP contribution in [0.3, 0.4) is 0 Å². The van der Waals surface area contributed by atoms with Crippen molar-refractivity contribution < 1.29 is 38.3 Å². The van der Waals surface area contributed by atoms with E-state index in [0.29, 0.717) is 64.1 Å². The second-order valence-corrected chi connectivity index (χ2v) is 18.5. The molecule has 5 heterocycles. The van der Waals surface area contributed by atoms with Crippen molar-refractivity contribution in [1.82, 2.24) is 55.3 Å². The molecule has 7 rings (SSSR count). The van der Waals surface area contributed by atoms with Crippen LogP contribution in [0.5, 0.6) is 0 Å². The standard InChI is InChI=1S/C52H58ClN13O8/c1-32(2)46(63-43(67)12-5-4-6-26-65-44(68)23-24-45(65)69)50(71)60-40(11-8-25-55-51(54)72)49(70)59-38-20-15-35(16-21-38)30-74-52(73)64(27-34-13-18-37(53)19-14-34)29-41-61-47(36-17-22-42-56-31-57-66(42)28-36)48(62-41)39-10-7-9-33(3)58-39/h7,9-10,13-24,28,31-32,40,46H,4-6,8,11-12,25-27,29-30H2,1-3H3,(H,59,70)(H,60,71)(H,61,62)(H,63,67)(H3,54,55,72)/t40-,46?/m0/s1. The SMILES string of the molecule is Cc1cccc(-c2nc(CN(Cc3ccc(Cl)cc3)C(=O)OCc3ccc(NC(=O)[C@H](CCCNC(N)=O)NC(=O)C(NC(=O)CCCCCN4C(=O)C=CC4=O)C(C)C)cc3)[nH]c2-c2ccc3ncnn3c2)n1. The molecule has 2 aromatic carbocycles. The first kappa shape index (κ1) is 53.3. The molecular formula is C52H58ClN13O8. The zero-order chi connectivity index (χ0) is 52.7. The van der Waals surface area contributed by atoms with E-state index in [2.05, 4.69) is 36.3 Å². The molecule has 22 heteroatoms. The number of benzene rings is 2. The summed E-state index contributed by atoms with van der Waals surface area (Å²) in [5.41, 5.74) is 11.2. The van der Waals surface area contributed by atoms with Crippen LogP contribution >= 0.6 is 11.6 Å². The van der Waals surface area contributed by atoms with Crippen molar-refractivity contribution in [3.63, 3.8) is 0 Å². The maximum absolute atomic E-state index is 14.0. The lowest BCUT2D eigenvalue weighted by Gasteiger charge is -2.25. The van der Waals surface area contributed by atoms with E-state index in [-0.39, 0.29) is 75.7 Å². The molecule has 0 bridgehead atoms. The van der Waals surface area contributed by atoms with E-state index >= 15 is 0 Å². The molecule has 0 saturated heterocycles. The number of urea groups is 1. The molecule has 386 valence electrons. The first-order valence-electron chi connectivity index (χ1n) is 24.2. The number of ether oxygens (including phenoxy) is 1. The summed E-state index contributed by atoms with van der Waals surface area (Å²) in [5.74, 6) is -2.07. The number of carbonyl (C=O) groups excluding carboxylic acids is 7. The van der Waals surface area contributed by atoms with Crippen molar-refractivity contribution >= 4 is 64.6 Å². The van der Waals surface area contributed by atoms with Crippen molar-refractivity contribution in [3.8, 4) is 22.6 Å². The number of fused-ring (bicyclic) bond motifs is 1. The summed E-state index contributed by atoms with van der Waals surface area (Å²) >= 11 is 6.20. The second kappa shape index (κ2) is 25.3. The number of anilines is 1. The fourth-order valence-electron chi connectivity index (χ4n) is 8.07. The number of aromatic nitrogens is 6. The summed E-state index contributed by atoms with van der Waals surface area (Å²) in [6.07, 6.45) is 7.23. The first-order valence-corrected chi connectivity index (χ1v) is 24.5. The molecular weight excluding hydrogens is 970 g/mol. The highest BCUT2D eigenvalue weighted by molar-refractivity contribution is 6.30. The van der Waals surface area contributed by atoms with Gasteiger partial charge in [-0.15, -0.1) is 0 Å².